The Balaban J connectivity index is 0. The summed E-state index contributed by atoms with van der Waals surface area (Å²) in [5, 5.41) is 8.30. The van der Waals surface area contributed by atoms with Gasteiger partial charge in [0.1, 0.15) is 0 Å². The molecule has 1 heteroatoms. The van der Waals surface area contributed by atoms with Crippen LogP contribution in [0, 0.1) is 23.2 Å². The molecule has 0 saturated heterocycles. The quantitative estimate of drug-likeness (QED) is 0.610. The molecule has 0 aliphatic rings. The predicted octanol–water partition coefficient (Wildman–Crippen LogP) is 3.61. The Hall–Kier alpha value is -0.510. The van der Waals surface area contributed by atoms with E-state index < -0.39 is 0 Å². The monoisotopic (exact) mass is 155 g/mol. The maximum atomic E-state index is 8.30. The summed E-state index contributed by atoms with van der Waals surface area (Å²) in [4.78, 5) is 0. The van der Waals surface area contributed by atoms with E-state index in [1.807, 2.05) is 13.8 Å². The molecule has 0 N–H and O–H groups in total. The molecule has 0 aromatic rings. The van der Waals surface area contributed by atoms with Gasteiger partial charge in [0.15, 0.2) is 0 Å². The third kappa shape index (κ3) is 12.6. The van der Waals surface area contributed by atoms with E-state index in [2.05, 4.69) is 26.8 Å². The molecule has 0 heterocycles. The molecule has 0 amide bonds. The van der Waals surface area contributed by atoms with E-state index in [9.17, 15) is 0 Å². The molecular weight excluding hydrogens is 134 g/mol. The van der Waals surface area contributed by atoms with Gasteiger partial charge in [0.2, 0.25) is 0 Å². The van der Waals surface area contributed by atoms with Crippen LogP contribution in [0.3, 0.4) is 0 Å². The van der Waals surface area contributed by atoms with Gasteiger partial charge in [-0.2, -0.15) is 5.26 Å². The molecule has 0 spiro atoms. The maximum Gasteiger partial charge on any atom is 0.0624 e. The number of nitriles is 1. The molecule has 0 radical (unpaired) electrons. The first-order valence-corrected chi connectivity index (χ1v) is 4.53. The molecular formula is C10H21N. The summed E-state index contributed by atoms with van der Waals surface area (Å²) in [6, 6.07) is 2.17. The van der Waals surface area contributed by atoms with Crippen LogP contribution in [0.2, 0.25) is 0 Å². The van der Waals surface area contributed by atoms with E-state index in [1.165, 1.54) is 6.42 Å². The van der Waals surface area contributed by atoms with Crippen LogP contribution < -0.4 is 0 Å². The summed E-state index contributed by atoms with van der Waals surface area (Å²) < 4.78 is 0. The number of nitrogens with zero attached hydrogens (tertiary/aromatic N) is 1. The van der Waals surface area contributed by atoms with Crippen molar-refractivity contribution in [3.05, 3.63) is 0 Å². The Bertz CT molecular complexity index is 99.9. The minimum absolute atomic E-state index is 0.579. The SMILES string of the molecule is CC.CC(C)CC(C)CC#N. The lowest BCUT2D eigenvalue weighted by Crippen LogP contribution is -1.98. The highest BCUT2D eigenvalue weighted by Gasteiger charge is 2.02. The topological polar surface area (TPSA) is 23.8 Å². The Labute approximate surface area is 71.4 Å². The Morgan fingerprint density at radius 1 is 1.18 bits per heavy atom. The average molecular weight is 155 g/mol. The van der Waals surface area contributed by atoms with Gasteiger partial charge < -0.3 is 0 Å². The van der Waals surface area contributed by atoms with Crippen LogP contribution in [0.4, 0.5) is 0 Å². The van der Waals surface area contributed by atoms with E-state index in [0.717, 1.165) is 5.92 Å². The normalized spacial score (nSPS) is 11.4. The lowest BCUT2D eigenvalue weighted by Gasteiger charge is -2.08. The summed E-state index contributed by atoms with van der Waals surface area (Å²) in [6.07, 6.45) is 1.88. The van der Waals surface area contributed by atoms with Crippen molar-refractivity contribution < 1.29 is 0 Å². The molecule has 0 aromatic carbocycles. The zero-order valence-corrected chi connectivity index (χ0v) is 8.52. The maximum absolute atomic E-state index is 8.30. The van der Waals surface area contributed by atoms with Gasteiger partial charge in [-0.25, -0.2) is 0 Å². The molecule has 1 nitrogen and oxygen atoms in total. The minimum Gasteiger partial charge on any atom is -0.198 e. The van der Waals surface area contributed by atoms with Crippen molar-refractivity contribution in [3.8, 4) is 6.07 Å². The molecule has 11 heavy (non-hydrogen) atoms. The number of hydrogen-bond acceptors (Lipinski definition) is 1. The van der Waals surface area contributed by atoms with Gasteiger partial charge in [-0.1, -0.05) is 34.6 Å². The molecule has 1 atom stereocenters. The Kier molecular flexibility index (Phi) is 11.3. The van der Waals surface area contributed by atoms with Crippen LogP contribution in [0.15, 0.2) is 0 Å². The van der Waals surface area contributed by atoms with Crippen LogP contribution in [0.5, 0.6) is 0 Å². The van der Waals surface area contributed by atoms with Gasteiger partial charge in [-0.3, -0.25) is 0 Å². The van der Waals surface area contributed by atoms with Crippen molar-refractivity contribution in [2.75, 3.05) is 0 Å². The fraction of sp³-hybridized carbons (Fsp3) is 0.900. The summed E-state index contributed by atoms with van der Waals surface area (Å²) in [5.74, 6) is 1.31. The standard InChI is InChI=1S/C8H15N.C2H6/c1-7(2)6-8(3)4-5-9;1-2/h7-8H,4,6H2,1-3H3;1-2H3. The van der Waals surface area contributed by atoms with Crippen molar-refractivity contribution >= 4 is 0 Å². The highest BCUT2D eigenvalue weighted by Crippen LogP contribution is 2.12. The molecule has 0 aromatic heterocycles. The first kappa shape index (κ1) is 13.1. The fourth-order valence-electron chi connectivity index (χ4n) is 1.04. The first-order chi connectivity index (χ1) is 5.16. The second-order valence-corrected chi connectivity index (χ2v) is 3.10. The van der Waals surface area contributed by atoms with Gasteiger partial charge in [-0.15, -0.1) is 0 Å². The van der Waals surface area contributed by atoms with Crippen LogP contribution in [0.1, 0.15) is 47.5 Å². The largest absolute Gasteiger partial charge is 0.198 e. The zero-order chi connectivity index (χ0) is 9.28. The second-order valence-electron chi connectivity index (χ2n) is 3.10. The highest BCUT2D eigenvalue weighted by molar-refractivity contribution is 4.73. The Morgan fingerprint density at radius 2 is 1.64 bits per heavy atom. The van der Waals surface area contributed by atoms with E-state index in [0.29, 0.717) is 12.3 Å². The van der Waals surface area contributed by atoms with Crippen molar-refractivity contribution in [3.63, 3.8) is 0 Å². The zero-order valence-electron chi connectivity index (χ0n) is 8.52. The molecule has 0 fully saturated rings. The molecule has 1 unspecified atom stereocenters. The van der Waals surface area contributed by atoms with Gasteiger partial charge in [0.25, 0.3) is 0 Å². The minimum atomic E-state index is 0.579. The van der Waals surface area contributed by atoms with Crippen molar-refractivity contribution in [2.24, 2.45) is 11.8 Å². The van der Waals surface area contributed by atoms with E-state index in [-0.39, 0.29) is 0 Å². The number of rotatable bonds is 3. The summed E-state index contributed by atoms with van der Waals surface area (Å²) >= 11 is 0. The third-order valence-electron chi connectivity index (χ3n) is 1.31. The van der Waals surface area contributed by atoms with Gasteiger partial charge in [-0.05, 0) is 18.3 Å². The van der Waals surface area contributed by atoms with E-state index in [1.54, 1.807) is 0 Å². The van der Waals surface area contributed by atoms with Crippen molar-refractivity contribution in [1.29, 1.82) is 5.26 Å². The highest BCUT2D eigenvalue weighted by atomic mass is 14.2. The molecule has 0 bridgehead atoms. The molecule has 0 saturated carbocycles. The smallest absolute Gasteiger partial charge is 0.0624 e. The molecule has 0 aliphatic heterocycles. The molecule has 0 rings (SSSR count). The van der Waals surface area contributed by atoms with Crippen LogP contribution in [-0.4, -0.2) is 0 Å². The van der Waals surface area contributed by atoms with E-state index in [4.69, 9.17) is 5.26 Å². The lowest BCUT2D eigenvalue weighted by atomic mass is 9.97. The summed E-state index contributed by atoms with van der Waals surface area (Å²) in [5.41, 5.74) is 0. The van der Waals surface area contributed by atoms with E-state index >= 15 is 0 Å². The lowest BCUT2D eigenvalue weighted by molar-refractivity contribution is 0.446. The van der Waals surface area contributed by atoms with Crippen molar-refractivity contribution in [2.45, 2.75) is 47.5 Å². The number of hydrogen-bond donors (Lipinski definition) is 0. The van der Waals surface area contributed by atoms with Gasteiger partial charge >= 0.3 is 0 Å². The van der Waals surface area contributed by atoms with Crippen molar-refractivity contribution in [1.82, 2.24) is 0 Å². The Morgan fingerprint density at radius 3 is 1.91 bits per heavy atom. The summed E-state index contributed by atoms with van der Waals surface area (Å²) in [6.45, 7) is 10.5. The molecule has 66 valence electrons. The predicted molar refractivity (Wildman–Crippen MR) is 50.2 cm³/mol. The summed E-state index contributed by atoms with van der Waals surface area (Å²) in [7, 11) is 0. The fourth-order valence-corrected chi connectivity index (χ4v) is 1.04. The van der Waals surface area contributed by atoms with Crippen LogP contribution in [-0.2, 0) is 0 Å². The molecule has 0 aliphatic carbocycles. The van der Waals surface area contributed by atoms with Gasteiger partial charge in [0.05, 0.1) is 6.07 Å². The average Bonchev–Trinajstić information content (AvgIpc) is 1.91. The van der Waals surface area contributed by atoms with Crippen LogP contribution >= 0.6 is 0 Å². The third-order valence-corrected chi connectivity index (χ3v) is 1.31. The van der Waals surface area contributed by atoms with Gasteiger partial charge in [0, 0.05) is 6.42 Å². The van der Waals surface area contributed by atoms with Crippen LogP contribution in [0.25, 0.3) is 0 Å². The first-order valence-electron chi connectivity index (χ1n) is 4.53. The second kappa shape index (κ2) is 9.49.